The number of benzene rings is 2. The third kappa shape index (κ3) is 2.65. The predicted molar refractivity (Wildman–Crippen MR) is 79.9 cm³/mol. The first-order valence-corrected chi connectivity index (χ1v) is 8.92. The van der Waals surface area contributed by atoms with E-state index in [9.17, 15) is 0 Å². The molecule has 0 saturated heterocycles. The van der Waals surface area contributed by atoms with Gasteiger partial charge in [0.2, 0.25) is 0 Å². The summed E-state index contributed by atoms with van der Waals surface area (Å²) in [6.07, 6.45) is 0. The molecule has 0 fully saturated rings. The molecule has 0 aliphatic rings. The fourth-order valence-electron chi connectivity index (χ4n) is 2.32. The van der Waals surface area contributed by atoms with Crippen LogP contribution in [0.1, 0.15) is 13.8 Å². The van der Waals surface area contributed by atoms with E-state index in [2.05, 4.69) is 56.3 Å². The molecule has 0 N–H and O–H groups in total. The molecule has 2 aromatic rings. The third-order valence-corrected chi connectivity index (χ3v) is 7.79. The summed E-state index contributed by atoms with van der Waals surface area (Å²) in [7, 11) is -1.86. The predicted octanol–water partition coefficient (Wildman–Crippen LogP) is 3.96. The molecule has 0 bridgehead atoms. The Bertz CT molecular complexity index is 463. The molecule has 0 atom stereocenters. The van der Waals surface area contributed by atoms with Crippen LogP contribution < -0.4 is 9.61 Å². The van der Waals surface area contributed by atoms with Crippen molar-refractivity contribution in [1.82, 2.24) is 0 Å². The standard InChI is InChI=1S/C16H20OSi/c1-3-18(4-2,16-13-9-6-10-14-16)17-15-11-7-5-8-12-15/h5-14H,3-4H2,1-2H3. The highest BCUT2D eigenvalue weighted by atomic mass is 28.4. The van der Waals surface area contributed by atoms with Crippen LogP contribution in [-0.4, -0.2) is 8.32 Å². The van der Waals surface area contributed by atoms with Crippen LogP contribution in [0.25, 0.3) is 0 Å². The van der Waals surface area contributed by atoms with Crippen molar-refractivity contribution in [3.63, 3.8) is 0 Å². The molecule has 0 heterocycles. The van der Waals surface area contributed by atoms with E-state index in [1.165, 1.54) is 5.19 Å². The summed E-state index contributed by atoms with van der Waals surface area (Å²) >= 11 is 0. The van der Waals surface area contributed by atoms with Crippen LogP contribution in [0.3, 0.4) is 0 Å². The van der Waals surface area contributed by atoms with Crippen molar-refractivity contribution < 1.29 is 4.43 Å². The monoisotopic (exact) mass is 256 g/mol. The van der Waals surface area contributed by atoms with Crippen molar-refractivity contribution in [1.29, 1.82) is 0 Å². The van der Waals surface area contributed by atoms with Crippen LogP contribution in [-0.2, 0) is 0 Å². The minimum Gasteiger partial charge on any atom is -0.539 e. The maximum absolute atomic E-state index is 6.43. The van der Waals surface area contributed by atoms with Gasteiger partial charge in [0.1, 0.15) is 5.75 Å². The normalized spacial score (nSPS) is 11.2. The van der Waals surface area contributed by atoms with Crippen LogP contribution in [0.15, 0.2) is 60.7 Å². The van der Waals surface area contributed by atoms with Crippen LogP contribution in [0, 0.1) is 0 Å². The van der Waals surface area contributed by atoms with Crippen LogP contribution in [0.4, 0.5) is 0 Å². The molecule has 0 amide bonds. The van der Waals surface area contributed by atoms with Gasteiger partial charge in [-0.05, 0) is 29.4 Å². The highest BCUT2D eigenvalue weighted by Gasteiger charge is 2.35. The van der Waals surface area contributed by atoms with Gasteiger partial charge in [0.05, 0.1) is 0 Å². The fraction of sp³-hybridized carbons (Fsp3) is 0.250. The van der Waals surface area contributed by atoms with Gasteiger partial charge in [-0.25, -0.2) is 0 Å². The number of rotatable bonds is 5. The minimum atomic E-state index is -1.86. The van der Waals surface area contributed by atoms with Crippen molar-refractivity contribution in [2.45, 2.75) is 25.9 Å². The molecule has 2 rings (SSSR count). The number of hydrogen-bond donors (Lipinski definition) is 0. The van der Waals surface area contributed by atoms with Gasteiger partial charge in [-0.1, -0.05) is 62.4 Å². The summed E-state index contributed by atoms with van der Waals surface area (Å²) in [4.78, 5) is 0. The Morgan fingerprint density at radius 2 is 1.28 bits per heavy atom. The van der Waals surface area contributed by atoms with Gasteiger partial charge in [0.15, 0.2) is 0 Å². The molecule has 0 aliphatic heterocycles. The fourth-order valence-corrected chi connectivity index (χ4v) is 5.43. The van der Waals surface area contributed by atoms with E-state index in [0.717, 1.165) is 17.8 Å². The largest absolute Gasteiger partial charge is 0.539 e. The highest BCUT2D eigenvalue weighted by molar-refractivity contribution is 6.87. The minimum absolute atomic E-state index is 0.997. The maximum Gasteiger partial charge on any atom is 0.282 e. The molecular weight excluding hydrogens is 236 g/mol. The SMILES string of the molecule is CC[Si](CC)(Oc1ccccc1)c1ccccc1. The van der Waals surface area contributed by atoms with Crippen LogP contribution in [0.2, 0.25) is 12.1 Å². The van der Waals surface area contributed by atoms with E-state index in [0.29, 0.717) is 0 Å². The summed E-state index contributed by atoms with van der Waals surface area (Å²) < 4.78 is 6.43. The van der Waals surface area contributed by atoms with E-state index in [4.69, 9.17) is 4.43 Å². The lowest BCUT2D eigenvalue weighted by Gasteiger charge is -2.30. The van der Waals surface area contributed by atoms with Crippen molar-refractivity contribution in [2.75, 3.05) is 0 Å². The van der Waals surface area contributed by atoms with Gasteiger partial charge in [-0.15, -0.1) is 0 Å². The van der Waals surface area contributed by atoms with Gasteiger partial charge < -0.3 is 4.43 Å². The third-order valence-electron chi connectivity index (χ3n) is 3.50. The molecular formula is C16H20OSi. The van der Waals surface area contributed by atoms with Crippen molar-refractivity contribution in [3.8, 4) is 5.75 Å². The number of para-hydroxylation sites is 1. The van der Waals surface area contributed by atoms with Gasteiger partial charge in [-0.2, -0.15) is 0 Å². The van der Waals surface area contributed by atoms with Crippen LogP contribution in [0.5, 0.6) is 5.75 Å². The Kier molecular flexibility index (Phi) is 4.21. The molecule has 0 aromatic heterocycles. The highest BCUT2D eigenvalue weighted by Crippen LogP contribution is 2.21. The Hall–Kier alpha value is -1.54. The Labute approximate surface area is 111 Å². The van der Waals surface area contributed by atoms with Gasteiger partial charge in [0.25, 0.3) is 8.32 Å². The molecule has 0 unspecified atom stereocenters. The van der Waals surface area contributed by atoms with E-state index < -0.39 is 8.32 Å². The van der Waals surface area contributed by atoms with E-state index >= 15 is 0 Å². The molecule has 0 spiro atoms. The maximum atomic E-state index is 6.43. The van der Waals surface area contributed by atoms with Crippen molar-refractivity contribution in [2.24, 2.45) is 0 Å². The second-order valence-corrected chi connectivity index (χ2v) is 8.67. The van der Waals surface area contributed by atoms with E-state index in [-0.39, 0.29) is 0 Å². The first-order chi connectivity index (χ1) is 8.80. The zero-order valence-corrected chi connectivity index (χ0v) is 12.1. The Morgan fingerprint density at radius 3 is 1.78 bits per heavy atom. The average molecular weight is 256 g/mol. The molecule has 0 radical (unpaired) electrons. The lowest BCUT2D eigenvalue weighted by Crippen LogP contribution is -2.52. The first-order valence-electron chi connectivity index (χ1n) is 6.60. The quantitative estimate of drug-likeness (QED) is 0.736. The van der Waals surface area contributed by atoms with Crippen molar-refractivity contribution >= 4 is 13.5 Å². The summed E-state index contributed by atoms with van der Waals surface area (Å²) in [5.41, 5.74) is 0. The molecule has 1 nitrogen and oxygen atoms in total. The molecule has 2 heteroatoms. The molecule has 0 saturated carbocycles. The topological polar surface area (TPSA) is 9.23 Å². The zero-order chi connectivity index (χ0) is 12.8. The Balaban J connectivity index is 2.33. The average Bonchev–Trinajstić information content (AvgIpc) is 2.47. The lowest BCUT2D eigenvalue weighted by molar-refractivity contribution is 0.548. The van der Waals surface area contributed by atoms with Gasteiger partial charge in [0, 0.05) is 0 Å². The van der Waals surface area contributed by atoms with E-state index in [1.807, 2.05) is 18.2 Å². The molecule has 2 aromatic carbocycles. The van der Waals surface area contributed by atoms with E-state index in [1.54, 1.807) is 0 Å². The van der Waals surface area contributed by atoms with Crippen molar-refractivity contribution in [3.05, 3.63) is 60.7 Å². The summed E-state index contributed by atoms with van der Waals surface area (Å²) in [6, 6.07) is 23.1. The number of hydrogen-bond acceptors (Lipinski definition) is 1. The molecule has 18 heavy (non-hydrogen) atoms. The summed E-state index contributed by atoms with van der Waals surface area (Å²) in [5.74, 6) is 0.997. The molecule has 0 aliphatic carbocycles. The second kappa shape index (κ2) is 5.87. The second-order valence-electron chi connectivity index (χ2n) is 4.48. The Morgan fingerprint density at radius 1 is 0.778 bits per heavy atom. The smallest absolute Gasteiger partial charge is 0.282 e. The summed E-state index contributed by atoms with van der Waals surface area (Å²) in [5, 5.41) is 1.39. The first kappa shape index (κ1) is 12.9. The molecule has 94 valence electrons. The van der Waals surface area contributed by atoms with Crippen LogP contribution >= 0.6 is 0 Å². The zero-order valence-electron chi connectivity index (χ0n) is 11.1. The van der Waals surface area contributed by atoms with Gasteiger partial charge in [-0.3, -0.25) is 0 Å². The van der Waals surface area contributed by atoms with Gasteiger partial charge >= 0.3 is 0 Å². The summed E-state index contributed by atoms with van der Waals surface area (Å²) in [6.45, 7) is 4.48. The lowest BCUT2D eigenvalue weighted by atomic mass is 10.3.